The van der Waals surface area contributed by atoms with Crippen molar-refractivity contribution in [3.63, 3.8) is 0 Å². The van der Waals surface area contributed by atoms with Crippen LogP contribution in [0.5, 0.6) is 0 Å². The Balaban J connectivity index is 1.92. The van der Waals surface area contributed by atoms with Gasteiger partial charge >= 0.3 is 0 Å². The molecule has 1 aromatic heterocycles. The molecule has 0 spiro atoms. The summed E-state index contributed by atoms with van der Waals surface area (Å²) >= 11 is 0. The van der Waals surface area contributed by atoms with Gasteiger partial charge in [0.1, 0.15) is 5.69 Å². The second kappa shape index (κ2) is 2.97. The smallest absolute Gasteiger partial charge is 0.269 e. The lowest BCUT2D eigenvalue weighted by Gasteiger charge is -2.25. The predicted octanol–water partition coefficient (Wildman–Crippen LogP) is 0.692. The van der Waals surface area contributed by atoms with Crippen molar-refractivity contribution < 1.29 is 4.79 Å². The maximum atomic E-state index is 11.3. The van der Waals surface area contributed by atoms with Gasteiger partial charge in [-0.2, -0.15) is 0 Å². The van der Waals surface area contributed by atoms with Crippen LogP contribution >= 0.6 is 0 Å². The number of carbonyl (C=O) groups excluding carboxylic acids is 1. The first kappa shape index (κ1) is 7.34. The van der Waals surface area contributed by atoms with Crippen molar-refractivity contribution in [1.82, 2.24) is 15.3 Å². The summed E-state index contributed by atoms with van der Waals surface area (Å²) in [7, 11) is 0. The van der Waals surface area contributed by atoms with Gasteiger partial charge in [-0.05, 0) is 19.3 Å². The summed E-state index contributed by atoms with van der Waals surface area (Å²) < 4.78 is 0. The van der Waals surface area contributed by atoms with Crippen LogP contribution in [-0.2, 0) is 0 Å². The first-order valence-electron chi connectivity index (χ1n) is 4.15. The van der Waals surface area contributed by atoms with Crippen LogP contribution in [-0.4, -0.2) is 21.9 Å². The number of H-pyrrole nitrogens is 1. The van der Waals surface area contributed by atoms with Crippen molar-refractivity contribution in [1.29, 1.82) is 0 Å². The second-order valence-corrected chi connectivity index (χ2v) is 3.07. The van der Waals surface area contributed by atoms with Crippen molar-refractivity contribution in [2.24, 2.45) is 0 Å². The number of amides is 1. The molecule has 0 atom stereocenters. The Morgan fingerprint density at radius 1 is 1.67 bits per heavy atom. The van der Waals surface area contributed by atoms with Gasteiger partial charge in [0.15, 0.2) is 0 Å². The first-order valence-corrected chi connectivity index (χ1v) is 4.15. The number of hydrogen-bond acceptors (Lipinski definition) is 2. The largest absolute Gasteiger partial charge is 0.348 e. The molecular formula is C8H11N3O. The molecule has 2 N–H and O–H groups in total. The fourth-order valence-electron chi connectivity index (χ4n) is 1.20. The van der Waals surface area contributed by atoms with Crippen LogP contribution in [0.4, 0.5) is 0 Å². The molecule has 0 saturated heterocycles. The van der Waals surface area contributed by atoms with Crippen LogP contribution < -0.4 is 5.32 Å². The maximum absolute atomic E-state index is 11.3. The number of carbonyl (C=O) groups is 1. The number of nitrogens with zero attached hydrogens (tertiary/aromatic N) is 1. The zero-order chi connectivity index (χ0) is 8.39. The minimum atomic E-state index is -0.0443. The zero-order valence-corrected chi connectivity index (χ0v) is 6.71. The monoisotopic (exact) mass is 165 g/mol. The van der Waals surface area contributed by atoms with Crippen LogP contribution in [0.2, 0.25) is 0 Å². The van der Waals surface area contributed by atoms with Crippen LogP contribution in [0, 0.1) is 0 Å². The number of rotatable bonds is 2. The molecule has 1 aliphatic rings. The van der Waals surface area contributed by atoms with Gasteiger partial charge in [-0.1, -0.05) is 0 Å². The van der Waals surface area contributed by atoms with E-state index in [0.29, 0.717) is 11.7 Å². The number of aromatic amines is 1. The van der Waals surface area contributed by atoms with Gasteiger partial charge in [-0.15, -0.1) is 0 Å². The van der Waals surface area contributed by atoms with Crippen LogP contribution in [0.3, 0.4) is 0 Å². The Morgan fingerprint density at radius 2 is 2.50 bits per heavy atom. The van der Waals surface area contributed by atoms with E-state index in [1.54, 1.807) is 0 Å². The van der Waals surface area contributed by atoms with Crippen molar-refractivity contribution in [2.45, 2.75) is 25.3 Å². The fraction of sp³-hybridized carbons (Fsp3) is 0.500. The van der Waals surface area contributed by atoms with Gasteiger partial charge in [-0.25, -0.2) is 4.98 Å². The van der Waals surface area contributed by atoms with Crippen LogP contribution in [0.15, 0.2) is 12.5 Å². The molecule has 4 nitrogen and oxygen atoms in total. The molecule has 1 amide bonds. The van der Waals surface area contributed by atoms with Crippen LogP contribution in [0.1, 0.15) is 29.8 Å². The van der Waals surface area contributed by atoms with Gasteiger partial charge < -0.3 is 10.3 Å². The molecule has 2 rings (SSSR count). The third kappa shape index (κ3) is 1.32. The van der Waals surface area contributed by atoms with E-state index in [1.165, 1.54) is 18.9 Å². The van der Waals surface area contributed by atoms with Crippen molar-refractivity contribution in [2.75, 3.05) is 0 Å². The normalized spacial score (nSPS) is 17.0. The lowest BCUT2D eigenvalue weighted by Crippen LogP contribution is -2.39. The number of nitrogens with one attached hydrogen (secondary N) is 2. The molecule has 0 bridgehead atoms. The number of aromatic nitrogens is 2. The van der Waals surface area contributed by atoms with Gasteiger partial charge in [0.05, 0.1) is 12.5 Å². The Kier molecular flexibility index (Phi) is 1.81. The molecular weight excluding hydrogens is 154 g/mol. The Labute approximate surface area is 70.4 Å². The first-order chi connectivity index (χ1) is 5.86. The summed E-state index contributed by atoms with van der Waals surface area (Å²) in [6.45, 7) is 0. The van der Waals surface area contributed by atoms with Crippen LogP contribution in [0.25, 0.3) is 0 Å². The highest BCUT2D eigenvalue weighted by molar-refractivity contribution is 5.92. The Bertz CT molecular complexity index is 264. The molecule has 4 heteroatoms. The zero-order valence-electron chi connectivity index (χ0n) is 6.71. The fourth-order valence-corrected chi connectivity index (χ4v) is 1.20. The molecule has 1 heterocycles. The highest BCUT2D eigenvalue weighted by Crippen LogP contribution is 2.18. The summed E-state index contributed by atoms with van der Waals surface area (Å²) in [5.74, 6) is -0.0443. The molecule has 12 heavy (non-hydrogen) atoms. The van der Waals surface area contributed by atoms with Gasteiger partial charge in [0, 0.05) is 6.04 Å². The van der Waals surface area contributed by atoms with Gasteiger partial charge in [0.2, 0.25) is 0 Å². The molecule has 1 saturated carbocycles. The summed E-state index contributed by atoms with van der Waals surface area (Å²) in [6, 6.07) is 0.390. The number of imidazole rings is 1. The second-order valence-electron chi connectivity index (χ2n) is 3.07. The molecule has 0 aromatic carbocycles. The maximum Gasteiger partial charge on any atom is 0.269 e. The van der Waals surface area contributed by atoms with E-state index in [0.717, 1.165) is 12.8 Å². The minimum Gasteiger partial charge on any atom is -0.348 e. The molecule has 1 aromatic rings. The molecule has 0 aliphatic heterocycles. The standard InChI is InChI=1S/C8H11N3O/c12-8(7-4-9-5-10-7)11-6-2-1-3-6/h4-6H,1-3H2,(H,9,10)(H,11,12). The third-order valence-electron chi connectivity index (χ3n) is 2.18. The highest BCUT2D eigenvalue weighted by atomic mass is 16.1. The van der Waals surface area contributed by atoms with E-state index in [9.17, 15) is 4.79 Å². The van der Waals surface area contributed by atoms with E-state index >= 15 is 0 Å². The van der Waals surface area contributed by atoms with E-state index in [-0.39, 0.29) is 5.91 Å². The highest BCUT2D eigenvalue weighted by Gasteiger charge is 2.20. The molecule has 1 aliphatic carbocycles. The summed E-state index contributed by atoms with van der Waals surface area (Å²) in [6.07, 6.45) is 6.50. The topological polar surface area (TPSA) is 57.8 Å². The number of hydrogen-bond donors (Lipinski definition) is 2. The van der Waals surface area contributed by atoms with Crippen molar-refractivity contribution in [3.8, 4) is 0 Å². The van der Waals surface area contributed by atoms with Gasteiger partial charge in [0.25, 0.3) is 5.91 Å². The molecule has 0 unspecified atom stereocenters. The molecule has 64 valence electrons. The predicted molar refractivity (Wildman–Crippen MR) is 43.7 cm³/mol. The average Bonchev–Trinajstić information content (AvgIpc) is 2.47. The SMILES string of the molecule is O=C(NC1CCC1)c1cnc[nH]1. The lowest BCUT2D eigenvalue weighted by molar-refractivity contribution is 0.0912. The summed E-state index contributed by atoms with van der Waals surface area (Å²) in [4.78, 5) is 17.9. The van der Waals surface area contributed by atoms with E-state index in [1.807, 2.05) is 0 Å². The molecule has 0 radical (unpaired) electrons. The quantitative estimate of drug-likeness (QED) is 0.677. The lowest BCUT2D eigenvalue weighted by atomic mass is 9.93. The van der Waals surface area contributed by atoms with Crippen molar-refractivity contribution in [3.05, 3.63) is 18.2 Å². The third-order valence-corrected chi connectivity index (χ3v) is 2.18. The Hall–Kier alpha value is -1.32. The van der Waals surface area contributed by atoms with E-state index < -0.39 is 0 Å². The van der Waals surface area contributed by atoms with E-state index in [2.05, 4.69) is 15.3 Å². The molecule has 1 fully saturated rings. The van der Waals surface area contributed by atoms with E-state index in [4.69, 9.17) is 0 Å². The summed E-state index contributed by atoms with van der Waals surface area (Å²) in [5.41, 5.74) is 0.543. The summed E-state index contributed by atoms with van der Waals surface area (Å²) in [5, 5.41) is 2.91. The van der Waals surface area contributed by atoms with Gasteiger partial charge in [-0.3, -0.25) is 4.79 Å². The van der Waals surface area contributed by atoms with Crippen molar-refractivity contribution >= 4 is 5.91 Å². The average molecular weight is 165 g/mol. The minimum absolute atomic E-state index is 0.0443. The Morgan fingerprint density at radius 3 is 3.00 bits per heavy atom.